The van der Waals surface area contributed by atoms with Crippen molar-refractivity contribution >= 4 is 29.8 Å². The fourth-order valence-electron chi connectivity index (χ4n) is 2.70. The van der Waals surface area contributed by atoms with Gasteiger partial charge in [0, 0.05) is 6.21 Å². The highest BCUT2D eigenvalue weighted by Gasteiger charge is 2.22. The number of anilines is 1. The first-order valence-electron chi connectivity index (χ1n) is 9.13. The maximum absolute atomic E-state index is 11.5. The number of hydrogen-bond acceptors (Lipinski definition) is 6. The fraction of sp³-hybridized carbons (Fsp3) is 0.333. The zero-order valence-electron chi connectivity index (χ0n) is 15.6. The van der Waals surface area contributed by atoms with Crippen molar-refractivity contribution in [2.45, 2.75) is 31.4 Å². The number of nitrogens with zero attached hydrogens (tertiary/aromatic N) is 2. The van der Waals surface area contributed by atoms with Gasteiger partial charge in [0.15, 0.2) is 0 Å². The number of carbonyl (C=O) groups is 1. The van der Waals surface area contributed by atoms with Crippen LogP contribution in [0.2, 0.25) is 0 Å². The summed E-state index contributed by atoms with van der Waals surface area (Å²) < 4.78 is 12.4. The van der Waals surface area contributed by atoms with E-state index in [4.69, 9.17) is 9.47 Å². The average molecular weight is 385 g/mol. The second kappa shape index (κ2) is 9.46. The third-order valence-corrected chi connectivity index (χ3v) is 5.38. The van der Waals surface area contributed by atoms with E-state index in [-0.39, 0.29) is 11.2 Å². The first kappa shape index (κ1) is 19.3. The molecule has 0 bridgehead atoms. The van der Waals surface area contributed by atoms with Gasteiger partial charge in [-0.15, -0.1) is 0 Å². The molecule has 0 aromatic heterocycles. The minimum atomic E-state index is -0.339. The van der Waals surface area contributed by atoms with Crippen molar-refractivity contribution in [2.75, 3.05) is 18.1 Å². The largest absolute Gasteiger partial charge is 0.494 e. The Bertz CT molecular complexity index is 775. The predicted octanol–water partition coefficient (Wildman–Crippen LogP) is 5.24. The van der Waals surface area contributed by atoms with Crippen molar-refractivity contribution in [3.05, 3.63) is 59.7 Å². The topological polar surface area (TPSA) is 51.1 Å². The lowest BCUT2D eigenvalue weighted by molar-refractivity contribution is 0.0601. The first-order chi connectivity index (χ1) is 13.2. The molecule has 0 saturated carbocycles. The Morgan fingerprint density at radius 2 is 1.85 bits per heavy atom. The van der Waals surface area contributed by atoms with Crippen LogP contribution in [0, 0.1) is 0 Å². The quantitative estimate of drug-likeness (QED) is 0.354. The Balaban J connectivity index is 1.56. The van der Waals surface area contributed by atoms with Crippen molar-refractivity contribution < 1.29 is 14.3 Å². The maximum atomic E-state index is 11.5. The van der Waals surface area contributed by atoms with Crippen molar-refractivity contribution in [1.82, 2.24) is 0 Å². The molecule has 1 aliphatic rings. The van der Waals surface area contributed by atoms with Crippen LogP contribution in [0.1, 0.15) is 47.4 Å². The Labute approximate surface area is 164 Å². The molecule has 3 rings (SSSR count). The predicted molar refractivity (Wildman–Crippen MR) is 111 cm³/mol. The molecule has 1 unspecified atom stereocenters. The van der Waals surface area contributed by atoms with Crippen LogP contribution in [-0.4, -0.2) is 25.9 Å². The lowest BCUT2D eigenvalue weighted by atomic mass is 10.1. The minimum Gasteiger partial charge on any atom is -0.494 e. The zero-order chi connectivity index (χ0) is 19.1. The highest BCUT2D eigenvalue weighted by atomic mass is 32.2. The van der Waals surface area contributed by atoms with Crippen molar-refractivity contribution in [3.63, 3.8) is 0 Å². The van der Waals surface area contributed by atoms with E-state index in [1.807, 2.05) is 34.9 Å². The number of carbonyl (C=O) groups excluding carboxylic acids is 1. The van der Waals surface area contributed by atoms with Crippen molar-refractivity contribution in [2.24, 2.45) is 5.10 Å². The third kappa shape index (κ3) is 5.04. The molecule has 27 heavy (non-hydrogen) atoms. The highest BCUT2D eigenvalue weighted by molar-refractivity contribution is 8.01. The molecular formula is C21H24N2O3S. The van der Waals surface area contributed by atoms with E-state index in [0.29, 0.717) is 5.56 Å². The summed E-state index contributed by atoms with van der Waals surface area (Å²) in [7, 11) is 1.38. The Kier molecular flexibility index (Phi) is 6.76. The molecule has 0 saturated heterocycles. The second-order valence-corrected chi connectivity index (χ2v) is 7.29. The number of hydrazone groups is 1. The monoisotopic (exact) mass is 384 g/mol. The SMILES string of the molecule is CCCCCOc1ccc(C2C=NN(c3ccc(C(=O)OC)cc3)S2)cc1. The third-order valence-electron chi connectivity index (χ3n) is 4.25. The summed E-state index contributed by atoms with van der Waals surface area (Å²) >= 11 is 1.62. The summed E-state index contributed by atoms with van der Waals surface area (Å²) in [6.07, 6.45) is 5.41. The molecule has 2 aromatic rings. The number of hydrogen-bond donors (Lipinski definition) is 0. The summed E-state index contributed by atoms with van der Waals surface area (Å²) in [6, 6.07) is 15.4. The van der Waals surface area contributed by atoms with E-state index >= 15 is 0 Å². The molecule has 0 spiro atoms. The molecule has 0 N–H and O–H groups in total. The number of methoxy groups -OCH3 is 1. The van der Waals surface area contributed by atoms with Gasteiger partial charge in [-0.05, 0) is 60.3 Å². The van der Waals surface area contributed by atoms with Gasteiger partial charge >= 0.3 is 5.97 Å². The number of unbranched alkanes of at least 4 members (excludes halogenated alkanes) is 2. The maximum Gasteiger partial charge on any atom is 0.337 e. The molecule has 142 valence electrons. The molecule has 0 radical (unpaired) electrons. The van der Waals surface area contributed by atoms with Gasteiger partial charge in [0.1, 0.15) is 5.75 Å². The second-order valence-electron chi connectivity index (χ2n) is 6.23. The van der Waals surface area contributed by atoms with Crippen LogP contribution in [0.3, 0.4) is 0 Å². The first-order valence-corrected chi connectivity index (χ1v) is 9.97. The van der Waals surface area contributed by atoms with Gasteiger partial charge in [0.25, 0.3) is 0 Å². The summed E-state index contributed by atoms with van der Waals surface area (Å²) in [5.41, 5.74) is 2.63. The summed E-state index contributed by atoms with van der Waals surface area (Å²) in [5, 5.41) is 4.63. The minimum absolute atomic E-state index is 0.152. The van der Waals surface area contributed by atoms with E-state index in [2.05, 4.69) is 24.2 Å². The molecule has 1 aliphatic heterocycles. The fourth-order valence-corrected chi connectivity index (χ4v) is 3.65. The Morgan fingerprint density at radius 1 is 1.11 bits per heavy atom. The van der Waals surface area contributed by atoms with Crippen LogP contribution in [0.5, 0.6) is 5.75 Å². The van der Waals surface area contributed by atoms with E-state index in [1.54, 1.807) is 24.1 Å². The van der Waals surface area contributed by atoms with Gasteiger partial charge in [0.2, 0.25) is 0 Å². The van der Waals surface area contributed by atoms with Gasteiger partial charge in [-0.1, -0.05) is 31.9 Å². The smallest absolute Gasteiger partial charge is 0.337 e. The number of rotatable bonds is 8. The molecule has 0 amide bonds. The van der Waals surface area contributed by atoms with Crippen molar-refractivity contribution in [3.8, 4) is 5.75 Å². The van der Waals surface area contributed by atoms with Gasteiger partial charge < -0.3 is 9.47 Å². The lowest BCUT2D eigenvalue weighted by Crippen LogP contribution is -2.04. The summed E-state index contributed by atoms with van der Waals surface area (Å²) in [5.74, 6) is 0.569. The Hall–Kier alpha value is -2.47. The van der Waals surface area contributed by atoms with Gasteiger partial charge in [-0.25, -0.2) is 9.21 Å². The van der Waals surface area contributed by atoms with E-state index in [9.17, 15) is 4.79 Å². The van der Waals surface area contributed by atoms with Crippen LogP contribution >= 0.6 is 11.9 Å². The lowest BCUT2D eigenvalue weighted by Gasteiger charge is -2.15. The standard InChI is InChI=1S/C21H24N2O3S/c1-3-4-5-14-26-19-12-8-16(9-13-19)20-15-22-23(27-20)18-10-6-17(7-11-18)21(24)25-2/h6-13,15,20H,3-5,14H2,1-2H3. The average Bonchev–Trinajstić information content (AvgIpc) is 3.21. The molecule has 6 heteroatoms. The van der Waals surface area contributed by atoms with Crippen LogP contribution in [0.15, 0.2) is 53.6 Å². The van der Waals surface area contributed by atoms with E-state index in [1.165, 1.54) is 25.5 Å². The van der Waals surface area contributed by atoms with Crippen LogP contribution < -0.4 is 9.15 Å². The summed E-state index contributed by atoms with van der Waals surface area (Å²) in [4.78, 5) is 11.5. The van der Waals surface area contributed by atoms with Crippen LogP contribution in [0.4, 0.5) is 5.69 Å². The van der Waals surface area contributed by atoms with E-state index in [0.717, 1.165) is 24.5 Å². The molecule has 5 nitrogen and oxygen atoms in total. The molecule has 1 atom stereocenters. The number of ether oxygens (including phenoxy) is 2. The Morgan fingerprint density at radius 3 is 2.52 bits per heavy atom. The van der Waals surface area contributed by atoms with Gasteiger partial charge in [-0.2, -0.15) is 5.10 Å². The highest BCUT2D eigenvalue weighted by Crippen LogP contribution is 2.39. The molecule has 2 aromatic carbocycles. The molecular weight excluding hydrogens is 360 g/mol. The normalized spacial score (nSPS) is 15.8. The zero-order valence-corrected chi connectivity index (χ0v) is 16.4. The number of benzene rings is 2. The molecule has 1 heterocycles. The number of esters is 1. The van der Waals surface area contributed by atoms with Crippen molar-refractivity contribution in [1.29, 1.82) is 0 Å². The van der Waals surface area contributed by atoms with Crippen LogP contribution in [0.25, 0.3) is 0 Å². The molecule has 0 fully saturated rings. The summed E-state index contributed by atoms with van der Waals surface area (Å²) in [6.45, 7) is 2.95. The van der Waals surface area contributed by atoms with Gasteiger partial charge in [0.05, 0.1) is 30.2 Å². The molecule has 0 aliphatic carbocycles. The van der Waals surface area contributed by atoms with Crippen LogP contribution in [-0.2, 0) is 4.74 Å². The van der Waals surface area contributed by atoms with Gasteiger partial charge in [-0.3, -0.25) is 0 Å². The van der Waals surface area contributed by atoms with E-state index < -0.39 is 0 Å².